The van der Waals surface area contributed by atoms with Gasteiger partial charge in [-0.3, -0.25) is 0 Å². The molecule has 1 nitrogen and oxygen atoms in total. The molecule has 0 amide bonds. The third kappa shape index (κ3) is 2.18. The molecule has 2 aliphatic carbocycles. The predicted molar refractivity (Wildman–Crippen MR) is 71.4 cm³/mol. The number of hydrogen-bond acceptors (Lipinski definition) is 1. The second-order valence-corrected chi connectivity index (χ2v) is 6.02. The van der Waals surface area contributed by atoms with Gasteiger partial charge in [0.25, 0.3) is 0 Å². The molecule has 0 aliphatic heterocycles. The van der Waals surface area contributed by atoms with E-state index in [1.54, 1.807) is 0 Å². The van der Waals surface area contributed by atoms with Crippen LogP contribution < -0.4 is 5.32 Å². The highest BCUT2D eigenvalue weighted by Gasteiger charge is 2.35. The van der Waals surface area contributed by atoms with Gasteiger partial charge in [0.1, 0.15) is 11.6 Å². The molecule has 3 atom stereocenters. The summed E-state index contributed by atoms with van der Waals surface area (Å²) >= 11 is 3.19. The van der Waals surface area contributed by atoms with Crippen LogP contribution in [0.4, 0.5) is 14.5 Å². The molecule has 3 rings (SSSR count). The molecule has 18 heavy (non-hydrogen) atoms. The van der Waals surface area contributed by atoms with Crippen molar-refractivity contribution < 1.29 is 8.78 Å². The molecule has 2 aliphatic rings. The van der Waals surface area contributed by atoms with Crippen LogP contribution in [0.5, 0.6) is 0 Å². The third-order valence-corrected chi connectivity index (χ3v) is 4.59. The molecule has 1 fully saturated rings. The number of rotatable bonds is 3. The number of allylic oxidation sites excluding steroid dienone is 2. The first-order chi connectivity index (χ1) is 8.63. The maximum absolute atomic E-state index is 13.6. The van der Waals surface area contributed by atoms with Gasteiger partial charge in [-0.2, -0.15) is 0 Å². The molecule has 96 valence electrons. The largest absolute Gasteiger partial charge is 0.381 e. The smallest absolute Gasteiger partial charge is 0.150 e. The van der Waals surface area contributed by atoms with Gasteiger partial charge < -0.3 is 5.32 Å². The molecule has 1 saturated carbocycles. The Bertz CT molecular complexity index is 478. The van der Waals surface area contributed by atoms with Crippen molar-refractivity contribution in [1.29, 1.82) is 0 Å². The minimum Gasteiger partial charge on any atom is -0.381 e. The topological polar surface area (TPSA) is 12.0 Å². The van der Waals surface area contributed by atoms with Gasteiger partial charge in [0.2, 0.25) is 0 Å². The Labute approximate surface area is 113 Å². The number of hydrogen-bond donors (Lipinski definition) is 1. The quantitative estimate of drug-likeness (QED) is 0.818. The predicted octanol–water partition coefficient (Wildman–Crippen LogP) is 4.35. The standard InChI is InChI=1S/C14H14BrF2N/c15-12-5-11(16)6-13(17)14(12)18-7-10-4-8-1-2-9(10)3-8/h1-2,5-6,8-10,18H,3-4,7H2. The lowest BCUT2D eigenvalue weighted by Gasteiger charge is -2.20. The fourth-order valence-electron chi connectivity index (χ4n) is 3.07. The SMILES string of the molecule is Fc1cc(F)c(NCC2CC3C=CC2C3)c(Br)c1. The van der Waals surface area contributed by atoms with Crippen LogP contribution in [0.3, 0.4) is 0 Å². The summed E-state index contributed by atoms with van der Waals surface area (Å²) in [6, 6.07) is 2.19. The van der Waals surface area contributed by atoms with Crippen LogP contribution >= 0.6 is 15.9 Å². The van der Waals surface area contributed by atoms with Crippen LogP contribution in [0.25, 0.3) is 0 Å². The van der Waals surface area contributed by atoms with Gasteiger partial charge in [-0.05, 0) is 52.6 Å². The van der Waals surface area contributed by atoms with Crippen molar-refractivity contribution in [3.05, 3.63) is 40.4 Å². The summed E-state index contributed by atoms with van der Waals surface area (Å²) in [5.41, 5.74) is 0.364. The van der Waals surface area contributed by atoms with E-state index in [0.717, 1.165) is 12.6 Å². The number of fused-ring (bicyclic) bond motifs is 2. The monoisotopic (exact) mass is 313 g/mol. The molecule has 1 aromatic carbocycles. The van der Waals surface area contributed by atoms with E-state index in [-0.39, 0.29) is 0 Å². The Morgan fingerprint density at radius 1 is 1.22 bits per heavy atom. The zero-order valence-electron chi connectivity index (χ0n) is 9.80. The van der Waals surface area contributed by atoms with Gasteiger partial charge in [0.15, 0.2) is 0 Å². The zero-order valence-corrected chi connectivity index (χ0v) is 11.4. The lowest BCUT2D eigenvalue weighted by molar-refractivity contribution is 0.470. The molecular weight excluding hydrogens is 300 g/mol. The average molecular weight is 314 g/mol. The molecule has 0 aromatic heterocycles. The van der Waals surface area contributed by atoms with E-state index in [0.29, 0.717) is 27.9 Å². The van der Waals surface area contributed by atoms with Gasteiger partial charge in [0.05, 0.1) is 5.69 Å². The molecule has 1 N–H and O–H groups in total. The van der Waals surface area contributed by atoms with E-state index in [9.17, 15) is 8.78 Å². The lowest BCUT2D eigenvalue weighted by atomic mass is 9.93. The van der Waals surface area contributed by atoms with Gasteiger partial charge >= 0.3 is 0 Å². The summed E-state index contributed by atoms with van der Waals surface area (Å²) in [6.07, 6.45) is 6.97. The Hall–Kier alpha value is -0.900. The minimum absolute atomic E-state index is 0.364. The van der Waals surface area contributed by atoms with Gasteiger partial charge in [-0.15, -0.1) is 0 Å². The summed E-state index contributed by atoms with van der Waals surface area (Å²) in [4.78, 5) is 0. The summed E-state index contributed by atoms with van der Waals surface area (Å²) < 4.78 is 27.0. The van der Waals surface area contributed by atoms with Crippen molar-refractivity contribution in [2.45, 2.75) is 12.8 Å². The molecule has 4 heteroatoms. The first-order valence-electron chi connectivity index (χ1n) is 6.20. The van der Waals surface area contributed by atoms with E-state index in [4.69, 9.17) is 0 Å². The highest BCUT2D eigenvalue weighted by molar-refractivity contribution is 9.10. The fraction of sp³-hybridized carbons (Fsp3) is 0.429. The van der Waals surface area contributed by atoms with Crippen LogP contribution in [0, 0.1) is 29.4 Å². The van der Waals surface area contributed by atoms with Crippen molar-refractivity contribution >= 4 is 21.6 Å². The fourth-order valence-corrected chi connectivity index (χ4v) is 3.62. The Balaban J connectivity index is 1.69. The van der Waals surface area contributed by atoms with Crippen LogP contribution in [0.1, 0.15) is 12.8 Å². The molecule has 3 unspecified atom stereocenters. The first-order valence-corrected chi connectivity index (χ1v) is 6.99. The van der Waals surface area contributed by atoms with Crippen LogP contribution in [-0.2, 0) is 0 Å². The van der Waals surface area contributed by atoms with Gasteiger partial charge in [-0.25, -0.2) is 8.78 Å². The third-order valence-electron chi connectivity index (χ3n) is 3.96. The molecule has 0 saturated heterocycles. The van der Waals surface area contributed by atoms with Crippen molar-refractivity contribution in [3.8, 4) is 0 Å². The summed E-state index contributed by atoms with van der Waals surface area (Å²) in [5, 5.41) is 3.11. The van der Waals surface area contributed by atoms with E-state index in [1.165, 1.54) is 18.9 Å². The van der Waals surface area contributed by atoms with E-state index in [1.807, 2.05) is 0 Å². The van der Waals surface area contributed by atoms with Crippen molar-refractivity contribution in [2.24, 2.45) is 17.8 Å². The average Bonchev–Trinajstić information content (AvgIpc) is 2.89. The molecule has 1 aromatic rings. The highest BCUT2D eigenvalue weighted by atomic mass is 79.9. The van der Waals surface area contributed by atoms with Crippen LogP contribution in [-0.4, -0.2) is 6.54 Å². The molecule has 2 bridgehead atoms. The normalized spacial score (nSPS) is 28.9. The van der Waals surface area contributed by atoms with Crippen molar-refractivity contribution in [3.63, 3.8) is 0 Å². The maximum atomic E-state index is 13.6. The lowest BCUT2D eigenvalue weighted by Crippen LogP contribution is -2.19. The molecule has 0 heterocycles. The first kappa shape index (κ1) is 12.2. The highest BCUT2D eigenvalue weighted by Crippen LogP contribution is 2.43. The Morgan fingerprint density at radius 2 is 2.06 bits per heavy atom. The second-order valence-electron chi connectivity index (χ2n) is 5.17. The number of anilines is 1. The van der Waals surface area contributed by atoms with Gasteiger partial charge in [0, 0.05) is 17.1 Å². The van der Waals surface area contributed by atoms with Gasteiger partial charge in [-0.1, -0.05) is 12.2 Å². The number of benzene rings is 1. The van der Waals surface area contributed by atoms with E-state index in [2.05, 4.69) is 33.4 Å². The minimum atomic E-state index is -0.562. The summed E-state index contributed by atoms with van der Waals surface area (Å²) in [5.74, 6) is 0.804. The van der Waals surface area contributed by atoms with Crippen LogP contribution in [0.15, 0.2) is 28.8 Å². The van der Waals surface area contributed by atoms with Crippen molar-refractivity contribution in [2.75, 3.05) is 11.9 Å². The zero-order chi connectivity index (χ0) is 12.7. The van der Waals surface area contributed by atoms with E-state index < -0.39 is 11.6 Å². The Kier molecular flexibility index (Phi) is 3.14. The second kappa shape index (κ2) is 4.65. The molecular formula is C14H14BrF2N. The molecule has 0 radical (unpaired) electrons. The molecule has 0 spiro atoms. The maximum Gasteiger partial charge on any atom is 0.150 e. The Morgan fingerprint density at radius 3 is 2.67 bits per heavy atom. The summed E-state index contributed by atoms with van der Waals surface area (Å²) in [6.45, 7) is 0.743. The number of halogens is 3. The summed E-state index contributed by atoms with van der Waals surface area (Å²) in [7, 11) is 0. The van der Waals surface area contributed by atoms with E-state index >= 15 is 0 Å². The number of nitrogens with one attached hydrogen (secondary N) is 1. The van der Waals surface area contributed by atoms with Crippen molar-refractivity contribution in [1.82, 2.24) is 0 Å². The van der Waals surface area contributed by atoms with Crippen LogP contribution in [0.2, 0.25) is 0 Å².